The molecule has 0 radical (unpaired) electrons. The summed E-state index contributed by atoms with van der Waals surface area (Å²) in [7, 11) is 2.16. The summed E-state index contributed by atoms with van der Waals surface area (Å²) in [6, 6.07) is 17.3. The van der Waals surface area contributed by atoms with E-state index >= 15 is 0 Å². The van der Waals surface area contributed by atoms with Gasteiger partial charge in [0.15, 0.2) is 5.65 Å². The minimum atomic E-state index is -0.564. The van der Waals surface area contributed by atoms with Gasteiger partial charge in [0.05, 0.1) is 17.0 Å². The number of hydrogen-bond acceptors (Lipinski definition) is 9. The number of anilines is 1. The van der Waals surface area contributed by atoms with Crippen LogP contribution >= 0.6 is 0 Å². The van der Waals surface area contributed by atoms with Crippen molar-refractivity contribution in [3.8, 4) is 28.1 Å². The average molecular weight is 560 g/mol. The molecule has 1 saturated heterocycles. The summed E-state index contributed by atoms with van der Waals surface area (Å²) >= 11 is 0. The van der Waals surface area contributed by atoms with E-state index in [9.17, 15) is 9.90 Å². The number of nitrogens with two attached hydrogens (primary N) is 1. The number of nitrogens with zero attached hydrogens (tertiary/aromatic N) is 6. The molecule has 2 atom stereocenters. The van der Waals surface area contributed by atoms with Gasteiger partial charge in [-0.05, 0) is 62.7 Å². The van der Waals surface area contributed by atoms with Crippen molar-refractivity contribution < 1.29 is 9.52 Å². The fourth-order valence-electron chi connectivity index (χ4n) is 6.18. The lowest BCUT2D eigenvalue weighted by atomic mass is 9.93. The molecule has 2 aromatic carbocycles. The molecular formula is C32H29N7O3. The second-order valence-corrected chi connectivity index (χ2v) is 10.8. The Hall–Kier alpha value is -5.09. The van der Waals surface area contributed by atoms with Crippen LogP contribution < -0.4 is 11.4 Å². The molecule has 2 unspecified atom stereocenters. The molecule has 1 aliphatic rings. The van der Waals surface area contributed by atoms with Crippen LogP contribution in [0.5, 0.6) is 5.75 Å². The van der Waals surface area contributed by atoms with Crippen LogP contribution in [-0.4, -0.2) is 48.3 Å². The van der Waals surface area contributed by atoms with Crippen LogP contribution in [0.25, 0.3) is 44.2 Å². The fourth-order valence-corrected chi connectivity index (χ4v) is 6.18. The van der Waals surface area contributed by atoms with Gasteiger partial charge in [0.1, 0.15) is 35.4 Å². The Balaban J connectivity index is 1.47. The minimum absolute atomic E-state index is 0.00530. The summed E-state index contributed by atoms with van der Waals surface area (Å²) in [6.07, 6.45) is 6.58. The Kier molecular flexibility index (Phi) is 6.20. The zero-order valence-corrected chi connectivity index (χ0v) is 23.2. The van der Waals surface area contributed by atoms with Gasteiger partial charge in [-0.15, -0.1) is 0 Å². The summed E-state index contributed by atoms with van der Waals surface area (Å²) < 4.78 is 7.83. The van der Waals surface area contributed by atoms with Crippen molar-refractivity contribution in [1.29, 1.82) is 0 Å². The predicted molar refractivity (Wildman–Crippen MR) is 161 cm³/mol. The van der Waals surface area contributed by atoms with E-state index in [0.29, 0.717) is 39.5 Å². The molecule has 210 valence electrons. The van der Waals surface area contributed by atoms with Crippen LogP contribution in [0.15, 0.2) is 82.5 Å². The molecule has 0 saturated carbocycles. The topological polar surface area (TPSA) is 136 Å². The number of aromatic hydroxyl groups is 1. The van der Waals surface area contributed by atoms with Crippen LogP contribution in [0.2, 0.25) is 0 Å². The smallest absolute Gasteiger partial charge is 0.343 e. The van der Waals surface area contributed by atoms with Gasteiger partial charge in [0.2, 0.25) is 0 Å². The van der Waals surface area contributed by atoms with Gasteiger partial charge in [0.25, 0.3) is 0 Å². The number of fused-ring (bicyclic) bond motifs is 2. The summed E-state index contributed by atoms with van der Waals surface area (Å²) in [5.74, 6) is 0.692. The van der Waals surface area contributed by atoms with Crippen molar-refractivity contribution in [2.24, 2.45) is 0 Å². The Morgan fingerprint density at radius 2 is 1.88 bits per heavy atom. The average Bonchev–Trinajstić information content (AvgIpc) is 3.61. The number of rotatable bonds is 5. The van der Waals surface area contributed by atoms with Crippen LogP contribution in [-0.2, 0) is 0 Å². The number of pyridine rings is 1. The highest BCUT2D eigenvalue weighted by Crippen LogP contribution is 2.40. The summed E-state index contributed by atoms with van der Waals surface area (Å²) in [5.41, 5.74) is 10.4. The van der Waals surface area contributed by atoms with Crippen LogP contribution in [0, 0.1) is 0 Å². The highest BCUT2D eigenvalue weighted by Gasteiger charge is 2.28. The van der Waals surface area contributed by atoms with Crippen molar-refractivity contribution in [2.75, 3.05) is 19.3 Å². The molecule has 4 aromatic heterocycles. The third kappa shape index (κ3) is 4.19. The first-order chi connectivity index (χ1) is 20.4. The van der Waals surface area contributed by atoms with E-state index < -0.39 is 11.7 Å². The SMILES string of the molecule is CC(c1oc(=O)c2ccccc2c1-c1cccc(C2CCCN2C)c1)n1nc(-c2cncc(O)c2)c2c(N)ncnc21. The van der Waals surface area contributed by atoms with Crippen molar-refractivity contribution in [2.45, 2.75) is 31.8 Å². The second kappa shape index (κ2) is 10.1. The number of aromatic nitrogens is 5. The molecule has 1 aliphatic heterocycles. The molecule has 0 aliphatic carbocycles. The molecule has 7 rings (SSSR count). The first-order valence-electron chi connectivity index (χ1n) is 13.9. The first kappa shape index (κ1) is 25.8. The van der Waals surface area contributed by atoms with Gasteiger partial charge >= 0.3 is 5.63 Å². The molecule has 0 bridgehead atoms. The largest absolute Gasteiger partial charge is 0.506 e. The standard InChI is InChI=1S/C32H29N7O3/c1-18(39-31-27(30(33)35-17-36-31)28(37-39)21-14-22(40)16-34-15-21)29-26(23-9-3-4-10-24(23)32(41)42-29)20-8-5-7-19(13-20)25-11-6-12-38(25)2/h3-5,7-10,13-18,25,40H,6,11-12H2,1-2H3,(H2,33,35,36). The maximum Gasteiger partial charge on any atom is 0.343 e. The van der Waals surface area contributed by atoms with E-state index in [0.717, 1.165) is 35.9 Å². The Bertz CT molecular complexity index is 2030. The number of likely N-dealkylation sites (tertiary alicyclic amines) is 1. The van der Waals surface area contributed by atoms with E-state index in [1.54, 1.807) is 23.0 Å². The molecule has 5 heterocycles. The van der Waals surface area contributed by atoms with Gasteiger partial charge in [-0.25, -0.2) is 19.4 Å². The van der Waals surface area contributed by atoms with Crippen LogP contribution in [0.3, 0.4) is 0 Å². The van der Waals surface area contributed by atoms with Crippen molar-refractivity contribution >= 4 is 27.6 Å². The zero-order valence-electron chi connectivity index (χ0n) is 23.2. The number of benzene rings is 2. The van der Waals surface area contributed by atoms with Crippen LogP contribution in [0.1, 0.15) is 43.2 Å². The summed E-state index contributed by atoms with van der Waals surface area (Å²) in [5, 5.41) is 16.8. The molecule has 0 spiro atoms. The quantitative estimate of drug-likeness (QED) is 0.287. The zero-order chi connectivity index (χ0) is 29.0. The molecule has 0 amide bonds. The third-order valence-corrected chi connectivity index (χ3v) is 8.21. The van der Waals surface area contributed by atoms with Crippen molar-refractivity contribution in [1.82, 2.24) is 29.6 Å². The molecule has 10 heteroatoms. The van der Waals surface area contributed by atoms with E-state index in [4.69, 9.17) is 15.2 Å². The highest BCUT2D eigenvalue weighted by molar-refractivity contribution is 5.99. The molecule has 6 aromatic rings. The lowest BCUT2D eigenvalue weighted by molar-refractivity contribution is 0.317. The van der Waals surface area contributed by atoms with Crippen molar-refractivity contribution in [3.05, 3.63) is 95.1 Å². The molecule has 10 nitrogen and oxygen atoms in total. The normalized spacial score (nSPS) is 16.4. The van der Waals surface area contributed by atoms with E-state index in [1.165, 1.54) is 18.1 Å². The Labute approximate surface area is 241 Å². The molecule has 1 fully saturated rings. The molecule has 42 heavy (non-hydrogen) atoms. The van der Waals surface area contributed by atoms with Crippen LogP contribution in [0.4, 0.5) is 5.82 Å². The lowest BCUT2D eigenvalue weighted by Gasteiger charge is -2.22. The monoisotopic (exact) mass is 559 g/mol. The van der Waals surface area contributed by atoms with Gasteiger partial charge in [-0.3, -0.25) is 9.88 Å². The third-order valence-electron chi connectivity index (χ3n) is 8.21. The van der Waals surface area contributed by atoms with E-state index in [-0.39, 0.29) is 11.6 Å². The number of hydrogen-bond donors (Lipinski definition) is 2. The predicted octanol–water partition coefficient (Wildman–Crippen LogP) is 5.33. The summed E-state index contributed by atoms with van der Waals surface area (Å²) in [6.45, 7) is 2.98. The Morgan fingerprint density at radius 1 is 1.05 bits per heavy atom. The Morgan fingerprint density at radius 3 is 2.67 bits per heavy atom. The first-order valence-corrected chi connectivity index (χ1v) is 13.9. The maximum atomic E-state index is 13.3. The van der Waals surface area contributed by atoms with E-state index in [2.05, 4.69) is 51.2 Å². The van der Waals surface area contributed by atoms with Gasteiger partial charge in [-0.2, -0.15) is 5.10 Å². The highest BCUT2D eigenvalue weighted by atomic mass is 16.4. The van der Waals surface area contributed by atoms with Gasteiger partial charge < -0.3 is 15.3 Å². The van der Waals surface area contributed by atoms with Gasteiger partial charge in [-0.1, -0.05) is 36.4 Å². The van der Waals surface area contributed by atoms with Gasteiger partial charge in [0, 0.05) is 28.8 Å². The number of nitrogen functional groups attached to an aromatic ring is 1. The molecular weight excluding hydrogens is 530 g/mol. The minimum Gasteiger partial charge on any atom is -0.506 e. The second-order valence-electron chi connectivity index (χ2n) is 10.8. The van der Waals surface area contributed by atoms with Crippen molar-refractivity contribution in [3.63, 3.8) is 0 Å². The fraction of sp³-hybridized carbons (Fsp3) is 0.219. The lowest BCUT2D eigenvalue weighted by Crippen LogP contribution is -2.17. The maximum absolute atomic E-state index is 13.3. The summed E-state index contributed by atoms with van der Waals surface area (Å²) in [4.78, 5) is 28.5. The molecule has 3 N–H and O–H groups in total. The van der Waals surface area contributed by atoms with E-state index in [1.807, 2.05) is 25.1 Å².